The Labute approximate surface area is 175 Å². The van der Waals surface area contributed by atoms with E-state index in [-0.39, 0.29) is 17.0 Å². The lowest BCUT2D eigenvalue weighted by molar-refractivity contribution is 0.440. The first-order chi connectivity index (χ1) is 13.9. The van der Waals surface area contributed by atoms with Gasteiger partial charge in [0.15, 0.2) is 11.6 Å². The Bertz CT molecular complexity index is 967. The van der Waals surface area contributed by atoms with E-state index in [4.69, 9.17) is 16.3 Å². The number of halogens is 3. The minimum Gasteiger partial charge on any atom is -0.454 e. The number of allylic oxidation sites excluding steroid dienone is 1. The molecule has 0 saturated carbocycles. The van der Waals surface area contributed by atoms with E-state index in [0.29, 0.717) is 10.8 Å². The van der Waals surface area contributed by atoms with E-state index < -0.39 is 5.82 Å². The smallest absolute Gasteiger partial charge is 0.165 e. The van der Waals surface area contributed by atoms with Gasteiger partial charge in [-0.2, -0.15) is 0 Å². The Hall–Kier alpha value is -2.65. The standard InChI is InChI=1S/C25H23ClF2O/c1-3-25(2,19-7-9-20(26)10-8-19)16-4-5-18-6-15-23(28)24(17-18)29-22-13-11-21(27)12-14-22/h3,6-15,17H,1,4-5,16H2,2H3. The summed E-state index contributed by atoms with van der Waals surface area (Å²) in [5.74, 6) is -0.282. The van der Waals surface area contributed by atoms with Crippen molar-refractivity contribution in [1.29, 1.82) is 0 Å². The summed E-state index contributed by atoms with van der Waals surface area (Å²) in [6.07, 6.45) is 4.53. The minimum absolute atomic E-state index is 0.137. The molecule has 0 bridgehead atoms. The SMILES string of the molecule is C=CC(C)(CCCc1ccc(F)c(Oc2ccc(F)cc2)c1)c1ccc(Cl)cc1. The maximum Gasteiger partial charge on any atom is 0.165 e. The molecule has 0 amide bonds. The highest BCUT2D eigenvalue weighted by Crippen LogP contribution is 2.32. The fourth-order valence-electron chi connectivity index (χ4n) is 3.27. The molecule has 0 aliphatic rings. The van der Waals surface area contributed by atoms with Gasteiger partial charge in [0.25, 0.3) is 0 Å². The first-order valence-electron chi connectivity index (χ1n) is 9.51. The molecule has 3 rings (SSSR count). The highest BCUT2D eigenvalue weighted by atomic mass is 35.5. The summed E-state index contributed by atoms with van der Waals surface area (Å²) >= 11 is 6.00. The highest BCUT2D eigenvalue weighted by molar-refractivity contribution is 6.30. The van der Waals surface area contributed by atoms with Crippen LogP contribution in [0.5, 0.6) is 11.5 Å². The molecule has 1 nitrogen and oxygen atoms in total. The van der Waals surface area contributed by atoms with Crippen molar-refractivity contribution in [1.82, 2.24) is 0 Å². The topological polar surface area (TPSA) is 9.23 Å². The van der Waals surface area contributed by atoms with Gasteiger partial charge in [0.05, 0.1) is 0 Å². The molecule has 3 aromatic carbocycles. The van der Waals surface area contributed by atoms with Crippen LogP contribution >= 0.6 is 11.6 Å². The average molecular weight is 413 g/mol. The fourth-order valence-corrected chi connectivity index (χ4v) is 3.39. The van der Waals surface area contributed by atoms with E-state index in [1.807, 2.05) is 30.3 Å². The zero-order chi connectivity index (χ0) is 20.9. The Morgan fingerprint density at radius 2 is 1.69 bits per heavy atom. The Kier molecular flexibility index (Phi) is 6.71. The maximum absolute atomic E-state index is 14.1. The van der Waals surface area contributed by atoms with Gasteiger partial charge in [0.1, 0.15) is 11.6 Å². The Balaban J connectivity index is 1.66. The summed E-state index contributed by atoms with van der Waals surface area (Å²) in [7, 11) is 0. The number of hydrogen-bond acceptors (Lipinski definition) is 1. The molecule has 3 aromatic rings. The van der Waals surface area contributed by atoms with Crippen molar-refractivity contribution in [2.75, 3.05) is 0 Å². The van der Waals surface area contributed by atoms with E-state index in [1.54, 1.807) is 12.1 Å². The zero-order valence-corrected chi connectivity index (χ0v) is 17.1. The van der Waals surface area contributed by atoms with Crippen molar-refractivity contribution >= 4 is 11.6 Å². The largest absolute Gasteiger partial charge is 0.454 e. The number of rotatable bonds is 8. The van der Waals surface area contributed by atoms with Gasteiger partial charge in [-0.15, -0.1) is 6.58 Å². The third-order valence-corrected chi connectivity index (χ3v) is 5.40. The number of hydrogen-bond donors (Lipinski definition) is 0. The van der Waals surface area contributed by atoms with E-state index in [9.17, 15) is 8.78 Å². The zero-order valence-electron chi connectivity index (χ0n) is 16.3. The van der Waals surface area contributed by atoms with Crippen LogP contribution in [0.2, 0.25) is 5.02 Å². The number of benzene rings is 3. The van der Waals surface area contributed by atoms with Crippen LogP contribution in [-0.2, 0) is 11.8 Å². The van der Waals surface area contributed by atoms with Gasteiger partial charge in [0, 0.05) is 10.4 Å². The summed E-state index contributed by atoms with van der Waals surface area (Å²) in [4.78, 5) is 0. The molecule has 4 heteroatoms. The van der Waals surface area contributed by atoms with Crippen LogP contribution in [0.3, 0.4) is 0 Å². The molecule has 0 aliphatic heterocycles. The molecule has 0 saturated heterocycles. The van der Waals surface area contributed by atoms with Crippen LogP contribution in [0, 0.1) is 11.6 Å². The normalized spacial score (nSPS) is 13.0. The van der Waals surface area contributed by atoms with Crippen LogP contribution in [0.1, 0.15) is 30.9 Å². The molecule has 1 atom stereocenters. The molecule has 0 radical (unpaired) electrons. The molecule has 150 valence electrons. The predicted octanol–water partition coefficient (Wildman–Crippen LogP) is 7.88. The van der Waals surface area contributed by atoms with Gasteiger partial charge in [-0.25, -0.2) is 8.78 Å². The van der Waals surface area contributed by atoms with Gasteiger partial charge < -0.3 is 4.74 Å². The van der Waals surface area contributed by atoms with Gasteiger partial charge in [0.2, 0.25) is 0 Å². The second-order valence-electron chi connectivity index (χ2n) is 7.30. The van der Waals surface area contributed by atoms with Crippen molar-refractivity contribution < 1.29 is 13.5 Å². The molecule has 0 aromatic heterocycles. The van der Waals surface area contributed by atoms with E-state index in [1.165, 1.54) is 30.3 Å². The van der Waals surface area contributed by atoms with Gasteiger partial charge >= 0.3 is 0 Å². The first-order valence-corrected chi connectivity index (χ1v) is 9.89. The first kappa shape index (κ1) is 21.1. The average Bonchev–Trinajstić information content (AvgIpc) is 2.72. The lowest BCUT2D eigenvalue weighted by Crippen LogP contribution is -2.18. The Morgan fingerprint density at radius 3 is 2.34 bits per heavy atom. The van der Waals surface area contributed by atoms with Crippen molar-refractivity contribution in [3.05, 3.63) is 107 Å². The van der Waals surface area contributed by atoms with Crippen LogP contribution in [0.4, 0.5) is 8.78 Å². The molecule has 0 heterocycles. The summed E-state index contributed by atoms with van der Waals surface area (Å²) in [6, 6.07) is 18.2. The fraction of sp³-hybridized carbons (Fsp3) is 0.200. The van der Waals surface area contributed by atoms with Gasteiger partial charge in [-0.05, 0) is 78.9 Å². The third kappa shape index (κ3) is 5.45. The van der Waals surface area contributed by atoms with Crippen molar-refractivity contribution in [2.45, 2.75) is 31.6 Å². The third-order valence-electron chi connectivity index (χ3n) is 5.15. The quantitative estimate of drug-likeness (QED) is 0.342. The summed E-state index contributed by atoms with van der Waals surface area (Å²) in [5.41, 5.74) is 1.97. The number of ether oxygens (including phenoxy) is 1. The van der Waals surface area contributed by atoms with Crippen molar-refractivity contribution in [2.24, 2.45) is 0 Å². The molecular formula is C25H23ClF2O. The molecular weight excluding hydrogens is 390 g/mol. The van der Waals surface area contributed by atoms with Crippen LogP contribution < -0.4 is 4.74 Å². The predicted molar refractivity (Wildman–Crippen MR) is 115 cm³/mol. The Morgan fingerprint density at radius 1 is 1.00 bits per heavy atom. The second-order valence-corrected chi connectivity index (χ2v) is 7.74. The highest BCUT2D eigenvalue weighted by Gasteiger charge is 2.22. The molecule has 0 N–H and O–H groups in total. The van der Waals surface area contributed by atoms with Crippen molar-refractivity contribution in [3.63, 3.8) is 0 Å². The molecule has 0 spiro atoms. The van der Waals surface area contributed by atoms with Crippen molar-refractivity contribution in [3.8, 4) is 11.5 Å². The molecule has 0 aliphatic carbocycles. The van der Waals surface area contributed by atoms with Gasteiger partial charge in [-0.3, -0.25) is 0 Å². The summed E-state index contributed by atoms with van der Waals surface area (Å²) < 4.78 is 32.7. The van der Waals surface area contributed by atoms with Crippen LogP contribution in [0.25, 0.3) is 0 Å². The summed E-state index contributed by atoms with van der Waals surface area (Å²) in [6.45, 7) is 6.16. The van der Waals surface area contributed by atoms with Crippen LogP contribution in [-0.4, -0.2) is 0 Å². The van der Waals surface area contributed by atoms with E-state index >= 15 is 0 Å². The maximum atomic E-state index is 14.1. The number of aryl methyl sites for hydroxylation is 1. The minimum atomic E-state index is -0.449. The van der Waals surface area contributed by atoms with Crippen LogP contribution in [0.15, 0.2) is 79.4 Å². The lowest BCUT2D eigenvalue weighted by atomic mass is 9.78. The summed E-state index contributed by atoms with van der Waals surface area (Å²) in [5, 5.41) is 0.708. The second kappa shape index (κ2) is 9.23. The lowest BCUT2D eigenvalue weighted by Gasteiger charge is -2.26. The molecule has 1 unspecified atom stereocenters. The van der Waals surface area contributed by atoms with Gasteiger partial charge in [-0.1, -0.05) is 42.8 Å². The molecule has 0 fully saturated rings. The monoisotopic (exact) mass is 412 g/mol. The van der Waals surface area contributed by atoms with E-state index in [0.717, 1.165) is 30.4 Å². The molecule has 29 heavy (non-hydrogen) atoms. The van der Waals surface area contributed by atoms with E-state index in [2.05, 4.69) is 13.5 Å².